The van der Waals surface area contributed by atoms with Crippen LogP contribution in [0.4, 0.5) is 0 Å². The summed E-state index contributed by atoms with van der Waals surface area (Å²) < 4.78 is 4.82. The summed E-state index contributed by atoms with van der Waals surface area (Å²) in [7, 11) is 0. The molecule has 0 heterocycles. The molecule has 1 unspecified atom stereocenters. The van der Waals surface area contributed by atoms with Gasteiger partial charge in [0, 0.05) is 11.5 Å². The Kier molecular flexibility index (Phi) is 6.26. The van der Waals surface area contributed by atoms with E-state index in [1.165, 1.54) is 0 Å². The Morgan fingerprint density at radius 1 is 1.50 bits per heavy atom. The third-order valence-electron chi connectivity index (χ3n) is 2.24. The fraction of sp³-hybridized carbons (Fsp3) is 0.385. The van der Waals surface area contributed by atoms with Crippen LogP contribution in [0, 0.1) is 11.3 Å². The van der Waals surface area contributed by atoms with Gasteiger partial charge in [0.15, 0.2) is 0 Å². The zero-order chi connectivity index (χ0) is 13.4. The van der Waals surface area contributed by atoms with Gasteiger partial charge in [0.25, 0.3) is 0 Å². The van der Waals surface area contributed by atoms with Gasteiger partial charge in [-0.3, -0.25) is 4.79 Å². The summed E-state index contributed by atoms with van der Waals surface area (Å²) in [6.45, 7) is 2.11. The standard InChI is InChI=1S/C13H16N2O2S/c1-2-17-13(16)12(15)9-18-8-11-5-3-10(7-14)4-6-11/h3-6,12H,2,8-9,15H2,1H3. The Hall–Kier alpha value is -1.51. The van der Waals surface area contributed by atoms with Crippen LogP contribution in [-0.2, 0) is 15.3 Å². The maximum Gasteiger partial charge on any atom is 0.323 e. The van der Waals surface area contributed by atoms with Gasteiger partial charge in [0.1, 0.15) is 6.04 Å². The molecule has 1 aromatic carbocycles. The molecule has 1 aromatic rings. The molecule has 5 heteroatoms. The molecule has 0 radical (unpaired) electrons. The highest BCUT2D eigenvalue weighted by atomic mass is 32.2. The Labute approximate surface area is 111 Å². The SMILES string of the molecule is CCOC(=O)C(N)CSCc1ccc(C#N)cc1. The van der Waals surface area contributed by atoms with E-state index in [1.54, 1.807) is 30.8 Å². The Morgan fingerprint density at radius 3 is 2.72 bits per heavy atom. The average Bonchev–Trinajstić information content (AvgIpc) is 2.39. The Balaban J connectivity index is 2.33. The second-order valence-electron chi connectivity index (χ2n) is 3.68. The molecule has 1 atom stereocenters. The van der Waals surface area contributed by atoms with E-state index in [9.17, 15) is 4.79 Å². The molecule has 0 aliphatic rings. The van der Waals surface area contributed by atoms with Crippen LogP contribution in [0.1, 0.15) is 18.1 Å². The number of ether oxygens (including phenoxy) is 1. The third kappa shape index (κ3) is 4.78. The summed E-state index contributed by atoms with van der Waals surface area (Å²) in [5, 5.41) is 8.67. The Bertz CT molecular complexity index is 426. The van der Waals surface area contributed by atoms with Gasteiger partial charge < -0.3 is 10.5 Å². The van der Waals surface area contributed by atoms with E-state index in [0.29, 0.717) is 17.9 Å². The summed E-state index contributed by atoms with van der Waals surface area (Å²) in [4.78, 5) is 11.3. The minimum Gasteiger partial charge on any atom is -0.465 e. The van der Waals surface area contributed by atoms with E-state index < -0.39 is 6.04 Å². The van der Waals surface area contributed by atoms with Gasteiger partial charge in [-0.1, -0.05) is 12.1 Å². The number of carbonyl (C=O) groups is 1. The smallest absolute Gasteiger partial charge is 0.323 e. The first-order chi connectivity index (χ1) is 8.67. The summed E-state index contributed by atoms with van der Waals surface area (Å²) in [6, 6.07) is 8.86. The minimum atomic E-state index is -0.576. The molecule has 0 bridgehead atoms. The number of benzene rings is 1. The van der Waals surface area contributed by atoms with Crippen LogP contribution < -0.4 is 5.73 Å². The van der Waals surface area contributed by atoms with Crippen molar-refractivity contribution < 1.29 is 9.53 Å². The van der Waals surface area contributed by atoms with Crippen molar-refractivity contribution in [2.45, 2.75) is 18.7 Å². The van der Waals surface area contributed by atoms with Crippen molar-refractivity contribution in [2.24, 2.45) is 5.73 Å². The number of esters is 1. The number of carbonyl (C=O) groups excluding carboxylic acids is 1. The number of nitrogens with two attached hydrogens (primary N) is 1. The lowest BCUT2D eigenvalue weighted by molar-refractivity contribution is -0.144. The maximum absolute atomic E-state index is 11.3. The van der Waals surface area contributed by atoms with Gasteiger partial charge in [-0.25, -0.2) is 0 Å². The van der Waals surface area contributed by atoms with Crippen molar-refractivity contribution in [1.29, 1.82) is 5.26 Å². The first-order valence-electron chi connectivity index (χ1n) is 5.66. The fourth-order valence-electron chi connectivity index (χ4n) is 1.30. The van der Waals surface area contributed by atoms with Crippen LogP contribution in [0.25, 0.3) is 0 Å². The number of hydrogen-bond acceptors (Lipinski definition) is 5. The van der Waals surface area contributed by atoms with Gasteiger partial charge in [-0.05, 0) is 24.6 Å². The maximum atomic E-state index is 11.3. The highest BCUT2D eigenvalue weighted by molar-refractivity contribution is 7.98. The summed E-state index contributed by atoms with van der Waals surface area (Å²) in [6.07, 6.45) is 0. The van der Waals surface area contributed by atoms with Crippen molar-refractivity contribution in [3.05, 3.63) is 35.4 Å². The molecular weight excluding hydrogens is 248 g/mol. The highest BCUT2D eigenvalue weighted by Gasteiger charge is 2.13. The van der Waals surface area contributed by atoms with Crippen molar-refractivity contribution in [3.63, 3.8) is 0 Å². The molecule has 0 amide bonds. The summed E-state index contributed by atoms with van der Waals surface area (Å²) >= 11 is 1.57. The number of hydrogen-bond donors (Lipinski definition) is 1. The van der Waals surface area contributed by atoms with Crippen molar-refractivity contribution in [3.8, 4) is 6.07 Å². The van der Waals surface area contributed by atoms with Crippen LogP contribution in [0.3, 0.4) is 0 Å². The van der Waals surface area contributed by atoms with Crippen LogP contribution in [0.15, 0.2) is 24.3 Å². The molecule has 0 saturated carbocycles. The molecule has 0 fully saturated rings. The Morgan fingerprint density at radius 2 is 2.17 bits per heavy atom. The number of nitrogens with zero attached hydrogens (tertiary/aromatic N) is 1. The molecule has 0 saturated heterocycles. The molecule has 18 heavy (non-hydrogen) atoms. The highest BCUT2D eigenvalue weighted by Crippen LogP contribution is 2.13. The fourth-order valence-corrected chi connectivity index (χ4v) is 2.23. The zero-order valence-electron chi connectivity index (χ0n) is 10.3. The lowest BCUT2D eigenvalue weighted by Crippen LogP contribution is -2.34. The summed E-state index contributed by atoms with van der Waals surface area (Å²) in [5.41, 5.74) is 7.43. The number of nitriles is 1. The van der Waals surface area contributed by atoms with E-state index >= 15 is 0 Å². The van der Waals surface area contributed by atoms with Gasteiger partial charge in [-0.15, -0.1) is 0 Å². The van der Waals surface area contributed by atoms with E-state index in [0.717, 1.165) is 11.3 Å². The molecule has 2 N–H and O–H groups in total. The molecule has 0 aliphatic heterocycles. The quantitative estimate of drug-likeness (QED) is 0.791. The molecule has 4 nitrogen and oxygen atoms in total. The van der Waals surface area contributed by atoms with Crippen LogP contribution >= 0.6 is 11.8 Å². The van der Waals surface area contributed by atoms with E-state index in [-0.39, 0.29) is 5.97 Å². The molecule has 0 aliphatic carbocycles. The van der Waals surface area contributed by atoms with E-state index in [4.69, 9.17) is 15.7 Å². The third-order valence-corrected chi connectivity index (χ3v) is 3.37. The zero-order valence-corrected chi connectivity index (χ0v) is 11.1. The van der Waals surface area contributed by atoms with Gasteiger partial charge in [-0.2, -0.15) is 17.0 Å². The second-order valence-corrected chi connectivity index (χ2v) is 4.71. The van der Waals surface area contributed by atoms with E-state index in [1.807, 2.05) is 12.1 Å². The monoisotopic (exact) mass is 264 g/mol. The van der Waals surface area contributed by atoms with Gasteiger partial charge >= 0.3 is 5.97 Å². The van der Waals surface area contributed by atoms with Gasteiger partial charge in [0.05, 0.1) is 18.2 Å². The lowest BCUT2D eigenvalue weighted by Gasteiger charge is -2.09. The average molecular weight is 264 g/mol. The molecular formula is C13H16N2O2S. The van der Waals surface area contributed by atoms with E-state index in [2.05, 4.69) is 6.07 Å². The molecule has 0 aromatic heterocycles. The van der Waals surface area contributed by atoms with Crippen molar-refractivity contribution >= 4 is 17.7 Å². The lowest BCUT2D eigenvalue weighted by atomic mass is 10.2. The first kappa shape index (κ1) is 14.6. The van der Waals surface area contributed by atoms with Crippen molar-refractivity contribution in [2.75, 3.05) is 12.4 Å². The predicted octanol–water partition coefficient (Wildman–Crippen LogP) is 1.68. The second kappa shape index (κ2) is 7.75. The minimum absolute atomic E-state index is 0.354. The largest absolute Gasteiger partial charge is 0.465 e. The summed E-state index contributed by atoms with van der Waals surface area (Å²) in [5.74, 6) is 0.933. The number of thioether (sulfide) groups is 1. The molecule has 1 rings (SSSR count). The topological polar surface area (TPSA) is 76.1 Å². The normalized spacial score (nSPS) is 11.6. The van der Waals surface area contributed by atoms with Crippen LogP contribution in [0.2, 0.25) is 0 Å². The molecule has 96 valence electrons. The number of rotatable bonds is 6. The van der Waals surface area contributed by atoms with Crippen molar-refractivity contribution in [1.82, 2.24) is 0 Å². The van der Waals surface area contributed by atoms with Crippen LogP contribution in [0.5, 0.6) is 0 Å². The first-order valence-corrected chi connectivity index (χ1v) is 6.81. The van der Waals surface area contributed by atoms with Gasteiger partial charge in [0.2, 0.25) is 0 Å². The van der Waals surface area contributed by atoms with Crippen LogP contribution in [-0.4, -0.2) is 24.4 Å². The molecule has 0 spiro atoms. The predicted molar refractivity (Wildman–Crippen MR) is 71.9 cm³/mol.